The van der Waals surface area contributed by atoms with Crippen LogP contribution in [0.15, 0.2) is 0 Å². The number of rotatable bonds is 5. The van der Waals surface area contributed by atoms with Crippen LogP contribution in [0.4, 0.5) is 0 Å². The molecule has 19 heavy (non-hydrogen) atoms. The van der Waals surface area contributed by atoms with Crippen molar-refractivity contribution < 1.29 is 9.47 Å². The molecule has 0 saturated carbocycles. The third-order valence-electron chi connectivity index (χ3n) is 4.08. The van der Waals surface area contributed by atoms with Gasteiger partial charge in [-0.2, -0.15) is 0 Å². The van der Waals surface area contributed by atoms with Crippen LogP contribution in [0.2, 0.25) is 0 Å². The maximum Gasteiger partial charge on any atom is 0.0710 e. The van der Waals surface area contributed by atoms with E-state index in [1.165, 1.54) is 12.8 Å². The number of nitrogens with zero attached hydrogens (tertiary/aromatic N) is 1. The summed E-state index contributed by atoms with van der Waals surface area (Å²) in [5.41, 5.74) is 0.183. The zero-order valence-corrected chi connectivity index (χ0v) is 12.9. The van der Waals surface area contributed by atoms with Gasteiger partial charge in [0.05, 0.1) is 18.3 Å². The van der Waals surface area contributed by atoms with Crippen molar-refractivity contribution in [2.45, 2.75) is 63.9 Å². The first-order valence-electron chi connectivity index (χ1n) is 7.62. The molecule has 3 atom stereocenters. The summed E-state index contributed by atoms with van der Waals surface area (Å²) >= 11 is 0. The van der Waals surface area contributed by atoms with Crippen LogP contribution in [0.3, 0.4) is 0 Å². The largest absolute Gasteiger partial charge is 0.380 e. The molecule has 2 rings (SSSR count). The Morgan fingerprint density at radius 2 is 1.95 bits per heavy atom. The number of hydrogen-bond donors (Lipinski definition) is 1. The molecular formula is C15H30N2O2. The van der Waals surface area contributed by atoms with E-state index in [1.807, 2.05) is 7.11 Å². The molecular weight excluding hydrogens is 240 g/mol. The van der Waals surface area contributed by atoms with E-state index >= 15 is 0 Å². The molecule has 0 amide bonds. The van der Waals surface area contributed by atoms with Crippen molar-refractivity contribution in [3.8, 4) is 0 Å². The maximum atomic E-state index is 6.14. The van der Waals surface area contributed by atoms with Gasteiger partial charge in [0, 0.05) is 38.8 Å². The summed E-state index contributed by atoms with van der Waals surface area (Å²) in [4.78, 5) is 2.48. The Balaban J connectivity index is 1.65. The summed E-state index contributed by atoms with van der Waals surface area (Å²) in [6, 6.07) is 0. The third kappa shape index (κ3) is 5.03. The Bertz CT molecular complexity index is 278. The van der Waals surface area contributed by atoms with Crippen molar-refractivity contribution in [2.24, 2.45) is 0 Å². The molecule has 2 saturated heterocycles. The lowest BCUT2D eigenvalue weighted by atomic mass is 10.1. The Morgan fingerprint density at radius 3 is 2.58 bits per heavy atom. The van der Waals surface area contributed by atoms with Crippen LogP contribution < -0.4 is 5.32 Å². The van der Waals surface area contributed by atoms with Gasteiger partial charge in [0.15, 0.2) is 0 Å². The topological polar surface area (TPSA) is 33.7 Å². The molecule has 2 heterocycles. The predicted molar refractivity (Wildman–Crippen MR) is 77.5 cm³/mol. The fourth-order valence-corrected chi connectivity index (χ4v) is 2.93. The number of hydrogen-bond acceptors (Lipinski definition) is 4. The van der Waals surface area contributed by atoms with Crippen LogP contribution in [0.25, 0.3) is 0 Å². The highest BCUT2D eigenvalue weighted by molar-refractivity contribution is 4.83. The molecule has 4 nitrogen and oxygen atoms in total. The van der Waals surface area contributed by atoms with E-state index in [0.29, 0.717) is 18.3 Å². The van der Waals surface area contributed by atoms with Crippen molar-refractivity contribution in [2.75, 3.05) is 33.3 Å². The van der Waals surface area contributed by atoms with Gasteiger partial charge < -0.3 is 14.8 Å². The molecule has 0 aromatic carbocycles. The molecule has 3 unspecified atom stereocenters. The van der Waals surface area contributed by atoms with Crippen molar-refractivity contribution in [3.05, 3.63) is 0 Å². The van der Waals surface area contributed by atoms with Gasteiger partial charge in [-0.05, 0) is 40.0 Å². The molecule has 0 aliphatic carbocycles. The van der Waals surface area contributed by atoms with Gasteiger partial charge in [-0.25, -0.2) is 0 Å². The Kier molecular flexibility index (Phi) is 5.23. The van der Waals surface area contributed by atoms with Crippen LogP contribution in [0.1, 0.15) is 40.0 Å². The molecule has 2 aliphatic rings. The Labute approximate surface area is 117 Å². The maximum absolute atomic E-state index is 6.14. The van der Waals surface area contributed by atoms with Gasteiger partial charge in [-0.15, -0.1) is 0 Å². The molecule has 2 aliphatic heterocycles. The fraction of sp³-hybridized carbons (Fsp3) is 1.00. The highest BCUT2D eigenvalue weighted by atomic mass is 16.5. The summed E-state index contributed by atoms with van der Waals surface area (Å²) in [7, 11) is 1.81. The number of ether oxygens (including phenoxy) is 2. The Morgan fingerprint density at radius 1 is 1.21 bits per heavy atom. The first-order valence-corrected chi connectivity index (χ1v) is 7.62. The number of likely N-dealkylation sites (tertiary alicyclic amines) is 1. The smallest absolute Gasteiger partial charge is 0.0710 e. The lowest BCUT2D eigenvalue weighted by molar-refractivity contribution is 0.0214. The van der Waals surface area contributed by atoms with Gasteiger partial charge in [0.2, 0.25) is 0 Å². The molecule has 0 aromatic rings. The second kappa shape index (κ2) is 6.53. The molecule has 2 fully saturated rings. The number of nitrogens with one attached hydrogen (secondary N) is 1. The second-order valence-electron chi connectivity index (χ2n) is 6.99. The molecule has 0 bridgehead atoms. The molecule has 0 spiro atoms. The van der Waals surface area contributed by atoms with E-state index in [4.69, 9.17) is 9.47 Å². The van der Waals surface area contributed by atoms with Crippen LogP contribution in [-0.2, 0) is 9.47 Å². The van der Waals surface area contributed by atoms with Crippen LogP contribution >= 0.6 is 0 Å². The second-order valence-corrected chi connectivity index (χ2v) is 6.99. The zero-order valence-electron chi connectivity index (χ0n) is 12.9. The third-order valence-corrected chi connectivity index (χ3v) is 4.08. The van der Waals surface area contributed by atoms with E-state index in [1.54, 1.807) is 0 Å². The standard InChI is InChI=1S/C15H30N2O2/c1-15(2,3)16-9-12-5-6-14(19-12)11-17-8-7-13(10-17)18-4/h12-14,16H,5-11H2,1-4H3. The van der Waals surface area contributed by atoms with E-state index in [9.17, 15) is 0 Å². The first-order chi connectivity index (χ1) is 8.96. The van der Waals surface area contributed by atoms with Crippen molar-refractivity contribution in [1.29, 1.82) is 0 Å². The van der Waals surface area contributed by atoms with Gasteiger partial charge in [0.1, 0.15) is 0 Å². The summed E-state index contributed by atoms with van der Waals surface area (Å²) in [6.45, 7) is 10.9. The molecule has 0 aromatic heterocycles. The summed E-state index contributed by atoms with van der Waals surface area (Å²) in [5, 5.41) is 3.54. The quantitative estimate of drug-likeness (QED) is 0.823. The van der Waals surface area contributed by atoms with E-state index in [-0.39, 0.29) is 5.54 Å². The molecule has 112 valence electrons. The lowest BCUT2D eigenvalue weighted by Gasteiger charge is -2.24. The number of methoxy groups -OCH3 is 1. The normalized spacial score (nSPS) is 33.2. The average Bonchev–Trinajstić information content (AvgIpc) is 2.95. The van der Waals surface area contributed by atoms with E-state index in [2.05, 4.69) is 31.0 Å². The minimum atomic E-state index is 0.183. The van der Waals surface area contributed by atoms with Crippen molar-refractivity contribution in [3.63, 3.8) is 0 Å². The van der Waals surface area contributed by atoms with Crippen LogP contribution in [0, 0.1) is 0 Å². The lowest BCUT2D eigenvalue weighted by Crippen LogP contribution is -2.41. The summed E-state index contributed by atoms with van der Waals surface area (Å²) in [6.07, 6.45) is 4.80. The minimum absolute atomic E-state index is 0.183. The zero-order chi connectivity index (χ0) is 13.9. The minimum Gasteiger partial charge on any atom is -0.380 e. The SMILES string of the molecule is COC1CCN(CC2CCC(CNC(C)(C)C)O2)C1. The summed E-state index contributed by atoms with van der Waals surface area (Å²) in [5.74, 6) is 0. The van der Waals surface area contributed by atoms with Gasteiger partial charge >= 0.3 is 0 Å². The van der Waals surface area contributed by atoms with Crippen LogP contribution in [0.5, 0.6) is 0 Å². The monoisotopic (exact) mass is 270 g/mol. The fourth-order valence-electron chi connectivity index (χ4n) is 2.93. The average molecular weight is 270 g/mol. The highest BCUT2D eigenvalue weighted by Gasteiger charge is 2.30. The molecule has 4 heteroatoms. The Hall–Kier alpha value is -0.160. The van der Waals surface area contributed by atoms with Gasteiger partial charge in [0.25, 0.3) is 0 Å². The highest BCUT2D eigenvalue weighted by Crippen LogP contribution is 2.22. The van der Waals surface area contributed by atoms with Gasteiger partial charge in [-0.3, -0.25) is 4.90 Å². The first kappa shape index (κ1) is 15.2. The van der Waals surface area contributed by atoms with Crippen LogP contribution in [-0.4, -0.2) is 62.0 Å². The van der Waals surface area contributed by atoms with Crippen molar-refractivity contribution >= 4 is 0 Å². The molecule has 1 N–H and O–H groups in total. The van der Waals surface area contributed by atoms with E-state index < -0.39 is 0 Å². The van der Waals surface area contributed by atoms with Crippen molar-refractivity contribution in [1.82, 2.24) is 10.2 Å². The van der Waals surface area contributed by atoms with E-state index in [0.717, 1.165) is 32.6 Å². The summed E-state index contributed by atoms with van der Waals surface area (Å²) < 4.78 is 11.6. The van der Waals surface area contributed by atoms with Gasteiger partial charge in [-0.1, -0.05) is 0 Å². The molecule has 0 radical (unpaired) electrons. The predicted octanol–water partition coefficient (Wildman–Crippen LogP) is 1.64.